The minimum atomic E-state index is -0.366. The average Bonchev–Trinajstić information content (AvgIpc) is 2.55. The first-order chi connectivity index (χ1) is 11.5. The van der Waals surface area contributed by atoms with Gasteiger partial charge in [-0.05, 0) is 38.1 Å². The molecule has 8 heteroatoms. The molecule has 0 saturated carbocycles. The standard InChI is InChI=1S/C16H13ClN6O/c1-9-11(6-7-13(17)19-9)15(24)23-16-21-10(2)20-14(22-16)12-5-3-4-8-18-12/h3-8H,1-2H3,(H,20,21,22,23,24). The van der Waals surface area contributed by atoms with Gasteiger partial charge < -0.3 is 0 Å². The third-order valence-corrected chi connectivity index (χ3v) is 3.37. The normalized spacial score (nSPS) is 10.5. The number of aromatic nitrogens is 5. The lowest BCUT2D eigenvalue weighted by Crippen LogP contribution is -2.17. The summed E-state index contributed by atoms with van der Waals surface area (Å²) in [6, 6.07) is 8.59. The number of carbonyl (C=O) groups excluding carboxylic acids is 1. The van der Waals surface area contributed by atoms with Crippen LogP contribution in [0.3, 0.4) is 0 Å². The van der Waals surface area contributed by atoms with E-state index in [1.54, 1.807) is 44.3 Å². The maximum Gasteiger partial charge on any atom is 0.259 e. The number of nitrogens with one attached hydrogen (secondary N) is 1. The van der Waals surface area contributed by atoms with Gasteiger partial charge in [0, 0.05) is 6.20 Å². The number of hydrogen-bond acceptors (Lipinski definition) is 6. The molecule has 3 rings (SSSR count). The lowest BCUT2D eigenvalue weighted by atomic mass is 10.2. The minimum absolute atomic E-state index is 0.155. The SMILES string of the molecule is Cc1nc(NC(=O)c2ccc(Cl)nc2C)nc(-c2ccccn2)n1. The number of nitrogens with zero attached hydrogens (tertiary/aromatic N) is 5. The molecule has 0 spiro atoms. The number of rotatable bonds is 3. The number of pyridine rings is 2. The Bertz CT molecular complexity index is 900. The Hall–Kier alpha value is -2.93. The van der Waals surface area contributed by atoms with Gasteiger partial charge in [0.1, 0.15) is 16.7 Å². The maximum atomic E-state index is 12.4. The largest absolute Gasteiger partial charge is 0.290 e. The van der Waals surface area contributed by atoms with Gasteiger partial charge in [0.25, 0.3) is 5.91 Å². The van der Waals surface area contributed by atoms with Gasteiger partial charge in [0.15, 0.2) is 5.82 Å². The first-order valence-electron chi connectivity index (χ1n) is 7.11. The molecule has 24 heavy (non-hydrogen) atoms. The molecule has 0 fully saturated rings. The van der Waals surface area contributed by atoms with E-state index in [-0.39, 0.29) is 11.9 Å². The third kappa shape index (κ3) is 3.52. The summed E-state index contributed by atoms with van der Waals surface area (Å²) in [5.41, 5.74) is 1.52. The molecule has 0 saturated heterocycles. The fraction of sp³-hybridized carbons (Fsp3) is 0.125. The van der Waals surface area contributed by atoms with Crippen LogP contribution in [0.15, 0.2) is 36.5 Å². The summed E-state index contributed by atoms with van der Waals surface area (Å²) in [6.07, 6.45) is 1.65. The third-order valence-electron chi connectivity index (χ3n) is 3.16. The van der Waals surface area contributed by atoms with Gasteiger partial charge in [-0.25, -0.2) is 9.97 Å². The van der Waals surface area contributed by atoms with E-state index >= 15 is 0 Å². The van der Waals surface area contributed by atoms with Crippen molar-refractivity contribution >= 4 is 23.5 Å². The highest BCUT2D eigenvalue weighted by Gasteiger charge is 2.14. The van der Waals surface area contributed by atoms with E-state index in [1.165, 1.54) is 0 Å². The smallest absolute Gasteiger partial charge is 0.259 e. The molecule has 0 radical (unpaired) electrons. The zero-order valence-electron chi connectivity index (χ0n) is 13.0. The molecular formula is C16H13ClN6O. The highest BCUT2D eigenvalue weighted by atomic mass is 35.5. The van der Waals surface area contributed by atoms with Crippen LogP contribution in [0.2, 0.25) is 5.15 Å². The highest BCUT2D eigenvalue weighted by Crippen LogP contribution is 2.15. The van der Waals surface area contributed by atoms with Crippen LogP contribution in [-0.2, 0) is 0 Å². The summed E-state index contributed by atoms with van der Waals surface area (Å²) in [5.74, 6) is 0.660. The molecule has 0 atom stereocenters. The Balaban J connectivity index is 1.90. The van der Waals surface area contributed by atoms with Gasteiger partial charge in [-0.1, -0.05) is 17.7 Å². The number of carbonyl (C=O) groups is 1. The van der Waals surface area contributed by atoms with Crippen LogP contribution in [0.4, 0.5) is 5.95 Å². The number of anilines is 1. The van der Waals surface area contributed by atoms with Crippen molar-refractivity contribution in [2.75, 3.05) is 5.32 Å². The van der Waals surface area contributed by atoms with Crippen molar-refractivity contribution in [2.24, 2.45) is 0 Å². The Morgan fingerprint density at radius 1 is 1.04 bits per heavy atom. The summed E-state index contributed by atoms with van der Waals surface area (Å²) < 4.78 is 0. The Labute approximate surface area is 143 Å². The van der Waals surface area contributed by atoms with Crippen LogP contribution in [0.5, 0.6) is 0 Å². The van der Waals surface area contributed by atoms with E-state index in [1.807, 2.05) is 6.07 Å². The molecule has 7 nitrogen and oxygen atoms in total. The first kappa shape index (κ1) is 15.9. The molecule has 0 aliphatic heterocycles. The summed E-state index contributed by atoms with van der Waals surface area (Å²) in [5, 5.41) is 2.99. The quantitative estimate of drug-likeness (QED) is 0.737. The molecule has 120 valence electrons. The number of halogens is 1. The van der Waals surface area contributed by atoms with E-state index < -0.39 is 0 Å². The predicted molar refractivity (Wildman–Crippen MR) is 89.7 cm³/mol. The highest BCUT2D eigenvalue weighted by molar-refractivity contribution is 6.29. The zero-order valence-corrected chi connectivity index (χ0v) is 13.7. The molecule has 0 unspecified atom stereocenters. The van der Waals surface area contributed by atoms with Crippen molar-refractivity contribution in [2.45, 2.75) is 13.8 Å². The monoisotopic (exact) mass is 340 g/mol. The van der Waals surface area contributed by atoms with Crippen LogP contribution in [-0.4, -0.2) is 30.8 Å². The number of amides is 1. The fourth-order valence-electron chi connectivity index (χ4n) is 2.09. The molecule has 1 N–H and O–H groups in total. The molecule has 0 aromatic carbocycles. The summed E-state index contributed by atoms with van der Waals surface area (Å²) in [4.78, 5) is 33.3. The average molecular weight is 341 g/mol. The lowest BCUT2D eigenvalue weighted by Gasteiger charge is -2.08. The first-order valence-corrected chi connectivity index (χ1v) is 7.49. The molecule has 0 aliphatic carbocycles. The molecular weight excluding hydrogens is 328 g/mol. The van der Waals surface area contributed by atoms with E-state index in [0.717, 1.165) is 0 Å². The van der Waals surface area contributed by atoms with Crippen LogP contribution in [0.25, 0.3) is 11.5 Å². The van der Waals surface area contributed by atoms with Crippen molar-refractivity contribution in [3.8, 4) is 11.5 Å². The fourth-order valence-corrected chi connectivity index (χ4v) is 2.28. The van der Waals surface area contributed by atoms with Crippen LogP contribution >= 0.6 is 11.6 Å². The summed E-state index contributed by atoms with van der Waals surface area (Å²) in [6.45, 7) is 3.43. The topological polar surface area (TPSA) is 93.6 Å². The van der Waals surface area contributed by atoms with Gasteiger partial charge in [-0.3, -0.25) is 15.1 Å². The Morgan fingerprint density at radius 2 is 1.88 bits per heavy atom. The van der Waals surface area contributed by atoms with Crippen molar-refractivity contribution in [1.29, 1.82) is 0 Å². The van der Waals surface area contributed by atoms with Crippen LogP contribution < -0.4 is 5.32 Å². The van der Waals surface area contributed by atoms with Crippen molar-refractivity contribution < 1.29 is 4.79 Å². The van der Waals surface area contributed by atoms with E-state index in [9.17, 15) is 4.79 Å². The molecule has 3 heterocycles. The Morgan fingerprint density at radius 3 is 2.58 bits per heavy atom. The van der Waals surface area contributed by atoms with Gasteiger partial charge >= 0.3 is 0 Å². The van der Waals surface area contributed by atoms with Gasteiger partial charge in [-0.15, -0.1) is 0 Å². The van der Waals surface area contributed by atoms with Gasteiger partial charge in [0.05, 0.1) is 11.3 Å². The summed E-state index contributed by atoms with van der Waals surface area (Å²) in [7, 11) is 0. The zero-order chi connectivity index (χ0) is 17.1. The van der Waals surface area contributed by atoms with Crippen molar-refractivity contribution in [1.82, 2.24) is 24.9 Å². The van der Waals surface area contributed by atoms with E-state index in [2.05, 4.69) is 30.2 Å². The van der Waals surface area contributed by atoms with Gasteiger partial charge in [-0.2, -0.15) is 9.97 Å². The molecule has 0 aliphatic rings. The second-order valence-electron chi connectivity index (χ2n) is 4.97. The molecule has 3 aromatic rings. The van der Waals surface area contributed by atoms with Crippen molar-refractivity contribution in [3.05, 3.63) is 58.8 Å². The lowest BCUT2D eigenvalue weighted by molar-refractivity contribution is 0.102. The van der Waals surface area contributed by atoms with Gasteiger partial charge in [0.2, 0.25) is 5.95 Å². The van der Waals surface area contributed by atoms with E-state index in [0.29, 0.717) is 33.8 Å². The minimum Gasteiger partial charge on any atom is -0.290 e. The summed E-state index contributed by atoms with van der Waals surface area (Å²) >= 11 is 5.81. The van der Waals surface area contributed by atoms with Crippen LogP contribution in [0.1, 0.15) is 21.9 Å². The predicted octanol–water partition coefficient (Wildman–Crippen LogP) is 2.85. The number of hydrogen-bond donors (Lipinski definition) is 1. The van der Waals surface area contributed by atoms with Crippen LogP contribution in [0, 0.1) is 13.8 Å². The van der Waals surface area contributed by atoms with Crippen molar-refractivity contribution in [3.63, 3.8) is 0 Å². The molecule has 0 bridgehead atoms. The second kappa shape index (κ2) is 6.67. The Kier molecular flexibility index (Phi) is 4.43. The molecule has 1 amide bonds. The maximum absolute atomic E-state index is 12.4. The number of aryl methyl sites for hydroxylation is 2. The van der Waals surface area contributed by atoms with E-state index in [4.69, 9.17) is 11.6 Å². The molecule has 3 aromatic heterocycles. The second-order valence-corrected chi connectivity index (χ2v) is 5.35.